The SMILES string of the molecule is Cc1ccc(C(C)(C)C)cc1CCC(O)CN. The van der Waals surface area contributed by atoms with Crippen molar-refractivity contribution in [2.45, 2.75) is 52.1 Å². The maximum absolute atomic E-state index is 9.51. The molecule has 0 spiro atoms. The molecule has 2 heteroatoms. The zero-order chi connectivity index (χ0) is 13.1. The van der Waals surface area contributed by atoms with Crippen LogP contribution in [0.5, 0.6) is 0 Å². The summed E-state index contributed by atoms with van der Waals surface area (Å²) >= 11 is 0. The highest BCUT2D eigenvalue weighted by molar-refractivity contribution is 5.34. The van der Waals surface area contributed by atoms with E-state index in [1.165, 1.54) is 16.7 Å². The molecular weight excluding hydrogens is 210 g/mol. The summed E-state index contributed by atoms with van der Waals surface area (Å²) in [5.41, 5.74) is 9.56. The monoisotopic (exact) mass is 235 g/mol. The van der Waals surface area contributed by atoms with Crippen LogP contribution in [0.25, 0.3) is 0 Å². The van der Waals surface area contributed by atoms with E-state index in [1.54, 1.807) is 0 Å². The van der Waals surface area contributed by atoms with E-state index in [9.17, 15) is 5.11 Å². The molecule has 1 atom stereocenters. The first-order chi connectivity index (χ1) is 7.84. The van der Waals surface area contributed by atoms with Crippen molar-refractivity contribution in [2.24, 2.45) is 5.73 Å². The fourth-order valence-corrected chi connectivity index (χ4v) is 1.85. The summed E-state index contributed by atoms with van der Waals surface area (Å²) in [5, 5.41) is 9.51. The van der Waals surface area contributed by atoms with Gasteiger partial charge in [-0.15, -0.1) is 0 Å². The molecule has 0 aliphatic carbocycles. The van der Waals surface area contributed by atoms with Crippen molar-refractivity contribution in [3.63, 3.8) is 0 Å². The minimum atomic E-state index is -0.382. The van der Waals surface area contributed by atoms with Gasteiger partial charge in [-0.3, -0.25) is 0 Å². The number of nitrogens with two attached hydrogens (primary N) is 1. The van der Waals surface area contributed by atoms with Gasteiger partial charge in [0.1, 0.15) is 0 Å². The minimum absolute atomic E-state index is 0.176. The number of hydrogen-bond donors (Lipinski definition) is 2. The lowest BCUT2D eigenvalue weighted by Crippen LogP contribution is -2.20. The van der Waals surface area contributed by atoms with Crippen LogP contribution in [0, 0.1) is 6.92 Å². The second-order valence-electron chi connectivity index (χ2n) is 5.82. The molecule has 0 aliphatic rings. The molecular formula is C15H25NO. The number of rotatable bonds is 4. The van der Waals surface area contributed by atoms with E-state index in [0.29, 0.717) is 6.54 Å². The number of aliphatic hydroxyl groups excluding tert-OH is 1. The van der Waals surface area contributed by atoms with Gasteiger partial charge in [0, 0.05) is 6.54 Å². The van der Waals surface area contributed by atoms with Crippen LogP contribution in [-0.2, 0) is 11.8 Å². The molecule has 1 unspecified atom stereocenters. The fourth-order valence-electron chi connectivity index (χ4n) is 1.85. The first kappa shape index (κ1) is 14.2. The predicted octanol–water partition coefficient (Wildman–Crippen LogP) is 2.54. The van der Waals surface area contributed by atoms with E-state index in [1.807, 2.05) is 0 Å². The quantitative estimate of drug-likeness (QED) is 0.842. The Labute approximate surface area is 105 Å². The average molecular weight is 235 g/mol. The molecule has 96 valence electrons. The van der Waals surface area contributed by atoms with Gasteiger partial charge in [0.05, 0.1) is 6.10 Å². The number of benzene rings is 1. The van der Waals surface area contributed by atoms with Crippen LogP contribution in [0.2, 0.25) is 0 Å². The van der Waals surface area contributed by atoms with E-state index in [4.69, 9.17) is 5.73 Å². The van der Waals surface area contributed by atoms with Gasteiger partial charge in [0.25, 0.3) is 0 Å². The lowest BCUT2D eigenvalue weighted by atomic mass is 9.84. The molecule has 0 bridgehead atoms. The van der Waals surface area contributed by atoms with Gasteiger partial charge in [-0.1, -0.05) is 39.0 Å². The second-order valence-corrected chi connectivity index (χ2v) is 5.82. The highest BCUT2D eigenvalue weighted by atomic mass is 16.3. The zero-order valence-electron chi connectivity index (χ0n) is 11.5. The highest BCUT2D eigenvalue weighted by Gasteiger charge is 2.14. The molecule has 3 N–H and O–H groups in total. The van der Waals surface area contributed by atoms with Crippen molar-refractivity contribution in [1.82, 2.24) is 0 Å². The van der Waals surface area contributed by atoms with Crippen LogP contribution >= 0.6 is 0 Å². The molecule has 0 radical (unpaired) electrons. The summed E-state index contributed by atoms with van der Waals surface area (Å²) in [6, 6.07) is 6.63. The lowest BCUT2D eigenvalue weighted by molar-refractivity contribution is 0.173. The van der Waals surface area contributed by atoms with Gasteiger partial charge < -0.3 is 10.8 Å². The number of hydrogen-bond acceptors (Lipinski definition) is 2. The van der Waals surface area contributed by atoms with Crippen molar-refractivity contribution >= 4 is 0 Å². The molecule has 1 aromatic rings. The third kappa shape index (κ3) is 4.14. The Morgan fingerprint density at radius 3 is 2.47 bits per heavy atom. The summed E-state index contributed by atoms with van der Waals surface area (Å²) in [5.74, 6) is 0. The van der Waals surface area contributed by atoms with Crippen LogP contribution in [0.3, 0.4) is 0 Å². The summed E-state index contributed by atoms with van der Waals surface area (Å²) in [4.78, 5) is 0. The standard InChI is InChI=1S/C15H25NO/c1-11-5-7-13(15(2,3)4)9-12(11)6-8-14(17)10-16/h5,7,9,14,17H,6,8,10,16H2,1-4H3. The first-order valence-corrected chi connectivity index (χ1v) is 6.32. The summed E-state index contributed by atoms with van der Waals surface area (Å²) in [7, 11) is 0. The van der Waals surface area contributed by atoms with Crippen LogP contribution in [0.1, 0.15) is 43.9 Å². The van der Waals surface area contributed by atoms with Gasteiger partial charge >= 0.3 is 0 Å². The van der Waals surface area contributed by atoms with Gasteiger partial charge in [-0.05, 0) is 41.9 Å². The number of aliphatic hydroxyl groups is 1. The van der Waals surface area contributed by atoms with Gasteiger partial charge in [-0.2, -0.15) is 0 Å². The Morgan fingerprint density at radius 2 is 1.94 bits per heavy atom. The molecule has 0 aliphatic heterocycles. The van der Waals surface area contributed by atoms with Crippen molar-refractivity contribution < 1.29 is 5.11 Å². The van der Waals surface area contributed by atoms with E-state index in [-0.39, 0.29) is 11.5 Å². The second kappa shape index (κ2) is 5.65. The normalized spacial score (nSPS) is 13.8. The summed E-state index contributed by atoms with van der Waals surface area (Å²) < 4.78 is 0. The van der Waals surface area contributed by atoms with Crippen molar-refractivity contribution in [2.75, 3.05) is 6.54 Å². The average Bonchev–Trinajstić information content (AvgIpc) is 2.26. The van der Waals surface area contributed by atoms with Gasteiger partial charge in [0.2, 0.25) is 0 Å². The van der Waals surface area contributed by atoms with Crippen molar-refractivity contribution in [3.05, 3.63) is 34.9 Å². The molecule has 17 heavy (non-hydrogen) atoms. The van der Waals surface area contributed by atoms with Gasteiger partial charge in [-0.25, -0.2) is 0 Å². The van der Waals surface area contributed by atoms with E-state index in [2.05, 4.69) is 45.9 Å². The minimum Gasteiger partial charge on any atom is -0.392 e. The maximum Gasteiger partial charge on any atom is 0.0665 e. The topological polar surface area (TPSA) is 46.2 Å². The molecule has 0 amide bonds. The Hall–Kier alpha value is -0.860. The molecule has 1 rings (SSSR count). The Kier molecular flexibility index (Phi) is 4.72. The van der Waals surface area contributed by atoms with Crippen LogP contribution in [0.15, 0.2) is 18.2 Å². The molecule has 0 fully saturated rings. The smallest absolute Gasteiger partial charge is 0.0665 e. The molecule has 0 heterocycles. The largest absolute Gasteiger partial charge is 0.392 e. The van der Waals surface area contributed by atoms with Crippen LogP contribution in [-0.4, -0.2) is 17.8 Å². The molecule has 0 saturated heterocycles. The third-order valence-corrected chi connectivity index (χ3v) is 3.23. The molecule has 0 saturated carbocycles. The maximum atomic E-state index is 9.51. The van der Waals surface area contributed by atoms with Crippen molar-refractivity contribution in [3.8, 4) is 0 Å². The lowest BCUT2D eigenvalue weighted by Gasteiger charge is -2.21. The Morgan fingerprint density at radius 1 is 1.29 bits per heavy atom. The molecule has 0 aromatic heterocycles. The Balaban J connectivity index is 2.84. The van der Waals surface area contributed by atoms with Crippen LogP contribution in [0.4, 0.5) is 0 Å². The highest BCUT2D eigenvalue weighted by Crippen LogP contribution is 2.25. The first-order valence-electron chi connectivity index (χ1n) is 6.32. The van der Waals surface area contributed by atoms with Gasteiger partial charge in [0.15, 0.2) is 0 Å². The Bertz CT molecular complexity index is 366. The molecule has 1 aromatic carbocycles. The zero-order valence-corrected chi connectivity index (χ0v) is 11.5. The summed E-state index contributed by atoms with van der Waals surface area (Å²) in [6.07, 6.45) is 1.26. The number of aryl methyl sites for hydroxylation is 2. The van der Waals surface area contributed by atoms with E-state index < -0.39 is 0 Å². The van der Waals surface area contributed by atoms with Crippen LogP contribution < -0.4 is 5.73 Å². The third-order valence-electron chi connectivity index (χ3n) is 3.23. The summed E-state index contributed by atoms with van der Waals surface area (Å²) in [6.45, 7) is 9.12. The van der Waals surface area contributed by atoms with Crippen molar-refractivity contribution in [1.29, 1.82) is 0 Å². The fraction of sp³-hybridized carbons (Fsp3) is 0.600. The van der Waals surface area contributed by atoms with E-state index in [0.717, 1.165) is 12.8 Å². The van der Waals surface area contributed by atoms with E-state index >= 15 is 0 Å². The predicted molar refractivity (Wildman–Crippen MR) is 73.3 cm³/mol. The molecule has 2 nitrogen and oxygen atoms in total.